The minimum absolute atomic E-state index is 0.0928. The normalized spacial score (nSPS) is 11.9. The van der Waals surface area contributed by atoms with E-state index in [1.54, 1.807) is 19.1 Å². The molecule has 1 N–H and O–H groups in total. The highest BCUT2D eigenvalue weighted by Crippen LogP contribution is 2.28. The van der Waals surface area contributed by atoms with Crippen molar-refractivity contribution in [2.24, 2.45) is 0 Å². The Hall–Kier alpha value is -3.32. The second-order valence-electron chi connectivity index (χ2n) is 10.3. The lowest BCUT2D eigenvalue weighted by Crippen LogP contribution is -2.54. The van der Waals surface area contributed by atoms with Crippen molar-refractivity contribution in [3.05, 3.63) is 94.0 Å². The second-order valence-corrected chi connectivity index (χ2v) is 11.2. The van der Waals surface area contributed by atoms with E-state index < -0.39 is 11.6 Å². The van der Waals surface area contributed by atoms with Crippen molar-refractivity contribution < 1.29 is 19.1 Å². The van der Waals surface area contributed by atoms with Crippen LogP contribution in [0.25, 0.3) is 0 Å². The summed E-state index contributed by atoms with van der Waals surface area (Å²) in [5, 5.41) is 3.10. The SMILES string of the molecule is COc1ccc(CCC(=O)N(Cc2cccc(Br)c2)C(Cc2ccccc2)C(=O)NC(C)(C)C)cc1OC. The molecule has 0 heterocycles. The van der Waals surface area contributed by atoms with Crippen LogP contribution in [0.5, 0.6) is 11.5 Å². The van der Waals surface area contributed by atoms with Crippen LogP contribution in [0.15, 0.2) is 77.3 Å². The molecule has 3 rings (SSSR count). The monoisotopic (exact) mass is 580 g/mol. The maximum Gasteiger partial charge on any atom is 0.243 e. The molecule has 0 fully saturated rings. The second kappa shape index (κ2) is 13.5. The molecule has 0 aliphatic carbocycles. The molecule has 6 nitrogen and oxygen atoms in total. The van der Waals surface area contributed by atoms with Gasteiger partial charge in [0.25, 0.3) is 0 Å². The summed E-state index contributed by atoms with van der Waals surface area (Å²) in [6.45, 7) is 6.16. The van der Waals surface area contributed by atoms with Gasteiger partial charge in [-0.3, -0.25) is 9.59 Å². The van der Waals surface area contributed by atoms with Crippen molar-refractivity contribution in [2.45, 2.75) is 58.2 Å². The van der Waals surface area contributed by atoms with Crippen molar-refractivity contribution >= 4 is 27.7 Å². The molecular weight excluding hydrogens is 544 g/mol. The molecule has 38 heavy (non-hydrogen) atoms. The summed E-state index contributed by atoms with van der Waals surface area (Å²) >= 11 is 3.53. The lowest BCUT2D eigenvalue weighted by Gasteiger charge is -2.34. The van der Waals surface area contributed by atoms with Gasteiger partial charge in [-0.1, -0.05) is 64.5 Å². The van der Waals surface area contributed by atoms with Gasteiger partial charge in [0.2, 0.25) is 11.8 Å². The molecule has 1 unspecified atom stereocenters. The fraction of sp³-hybridized carbons (Fsp3) is 0.355. The Balaban J connectivity index is 1.93. The lowest BCUT2D eigenvalue weighted by atomic mass is 9.99. The summed E-state index contributed by atoms with van der Waals surface area (Å²) < 4.78 is 11.7. The van der Waals surface area contributed by atoms with Crippen LogP contribution in [0.3, 0.4) is 0 Å². The van der Waals surface area contributed by atoms with Crippen molar-refractivity contribution in [1.82, 2.24) is 10.2 Å². The van der Waals surface area contributed by atoms with E-state index in [9.17, 15) is 9.59 Å². The first-order chi connectivity index (χ1) is 18.1. The van der Waals surface area contributed by atoms with Crippen molar-refractivity contribution in [1.29, 1.82) is 0 Å². The fourth-order valence-electron chi connectivity index (χ4n) is 4.27. The maximum absolute atomic E-state index is 13.9. The molecule has 0 saturated carbocycles. The predicted molar refractivity (Wildman–Crippen MR) is 154 cm³/mol. The first-order valence-corrected chi connectivity index (χ1v) is 13.5. The van der Waals surface area contributed by atoms with E-state index in [1.807, 2.05) is 93.6 Å². The van der Waals surface area contributed by atoms with E-state index in [-0.39, 0.29) is 18.2 Å². The minimum atomic E-state index is -0.673. The third kappa shape index (κ3) is 8.62. The van der Waals surface area contributed by atoms with Gasteiger partial charge >= 0.3 is 0 Å². The highest BCUT2D eigenvalue weighted by Gasteiger charge is 2.32. The molecular formula is C31H37BrN2O4. The van der Waals surface area contributed by atoms with Crippen LogP contribution in [0, 0.1) is 0 Å². The highest BCUT2D eigenvalue weighted by atomic mass is 79.9. The number of hydrogen-bond acceptors (Lipinski definition) is 4. The molecule has 7 heteroatoms. The molecule has 3 aromatic rings. The van der Waals surface area contributed by atoms with E-state index >= 15 is 0 Å². The van der Waals surface area contributed by atoms with E-state index in [0.717, 1.165) is 21.2 Å². The van der Waals surface area contributed by atoms with E-state index in [0.29, 0.717) is 30.9 Å². The third-order valence-corrected chi connectivity index (χ3v) is 6.58. The number of carbonyl (C=O) groups excluding carboxylic acids is 2. The fourth-order valence-corrected chi connectivity index (χ4v) is 4.72. The van der Waals surface area contributed by atoms with Crippen LogP contribution in [-0.2, 0) is 29.0 Å². The van der Waals surface area contributed by atoms with Crippen molar-refractivity contribution in [3.63, 3.8) is 0 Å². The first-order valence-electron chi connectivity index (χ1n) is 12.7. The number of nitrogens with one attached hydrogen (secondary N) is 1. The van der Waals surface area contributed by atoms with Crippen LogP contribution >= 0.6 is 15.9 Å². The molecule has 202 valence electrons. The van der Waals surface area contributed by atoms with Crippen LogP contribution in [-0.4, -0.2) is 42.5 Å². The Morgan fingerprint density at radius 1 is 0.868 bits per heavy atom. The number of benzene rings is 3. The van der Waals surface area contributed by atoms with Crippen molar-refractivity contribution in [3.8, 4) is 11.5 Å². The minimum Gasteiger partial charge on any atom is -0.493 e. The lowest BCUT2D eigenvalue weighted by molar-refractivity contribution is -0.141. The molecule has 0 aliphatic heterocycles. The molecule has 3 aromatic carbocycles. The van der Waals surface area contributed by atoms with Gasteiger partial charge in [-0.2, -0.15) is 0 Å². The summed E-state index contributed by atoms with van der Waals surface area (Å²) in [6, 6.07) is 22.6. The highest BCUT2D eigenvalue weighted by molar-refractivity contribution is 9.10. The van der Waals surface area contributed by atoms with Gasteiger partial charge in [-0.05, 0) is 68.1 Å². The maximum atomic E-state index is 13.9. The van der Waals surface area contributed by atoms with Gasteiger partial charge < -0.3 is 19.7 Å². The van der Waals surface area contributed by atoms with Crippen LogP contribution in [0.2, 0.25) is 0 Å². The summed E-state index contributed by atoms with van der Waals surface area (Å²) in [6.07, 6.45) is 1.17. The number of hydrogen-bond donors (Lipinski definition) is 1. The molecule has 0 radical (unpaired) electrons. The Morgan fingerprint density at radius 3 is 2.18 bits per heavy atom. The van der Waals surface area contributed by atoms with Gasteiger partial charge in [0.15, 0.2) is 11.5 Å². The number of amides is 2. The molecule has 0 spiro atoms. The molecule has 2 amide bonds. The summed E-state index contributed by atoms with van der Waals surface area (Å²) in [4.78, 5) is 29.2. The zero-order valence-corrected chi connectivity index (χ0v) is 24.4. The van der Waals surface area contributed by atoms with Crippen LogP contribution in [0.4, 0.5) is 0 Å². The number of methoxy groups -OCH3 is 2. The quantitative estimate of drug-likeness (QED) is 0.304. The molecule has 0 saturated heterocycles. The van der Waals surface area contributed by atoms with Crippen LogP contribution in [0.1, 0.15) is 43.9 Å². The summed E-state index contributed by atoms with van der Waals surface area (Å²) in [7, 11) is 3.19. The molecule has 1 atom stereocenters. The van der Waals surface area contributed by atoms with E-state index in [2.05, 4.69) is 21.2 Å². The standard InChI is InChI=1S/C31H37BrN2O4/c1-31(2,3)33-30(36)26(19-22-10-7-6-8-11-22)34(21-24-12-9-13-25(32)18-24)29(35)17-15-23-14-16-27(37-4)28(20-23)38-5/h6-14,16,18,20,26H,15,17,19,21H2,1-5H3,(H,33,36). The predicted octanol–water partition coefficient (Wildman–Crippen LogP) is 5.95. The van der Waals surface area contributed by atoms with E-state index in [4.69, 9.17) is 9.47 Å². The largest absolute Gasteiger partial charge is 0.493 e. The average Bonchev–Trinajstić information content (AvgIpc) is 2.88. The topological polar surface area (TPSA) is 67.9 Å². The van der Waals surface area contributed by atoms with Gasteiger partial charge in [-0.25, -0.2) is 0 Å². The summed E-state index contributed by atoms with van der Waals surface area (Å²) in [5.41, 5.74) is 2.46. The Bertz CT molecular complexity index is 1220. The molecule has 0 aliphatic rings. The zero-order chi connectivity index (χ0) is 27.7. The van der Waals surface area contributed by atoms with Gasteiger partial charge in [0.1, 0.15) is 6.04 Å². The number of rotatable bonds is 11. The number of halogens is 1. The average molecular weight is 582 g/mol. The number of carbonyl (C=O) groups is 2. The number of nitrogens with zero attached hydrogens (tertiary/aromatic N) is 1. The first kappa shape index (κ1) is 29.2. The van der Waals surface area contributed by atoms with Gasteiger partial charge in [-0.15, -0.1) is 0 Å². The van der Waals surface area contributed by atoms with E-state index in [1.165, 1.54) is 0 Å². The molecule has 0 bridgehead atoms. The van der Waals surface area contributed by atoms with Crippen LogP contribution < -0.4 is 14.8 Å². The Morgan fingerprint density at radius 2 is 1.55 bits per heavy atom. The Kier molecular flexibility index (Phi) is 10.4. The third-order valence-electron chi connectivity index (χ3n) is 6.09. The Labute approximate surface area is 234 Å². The zero-order valence-electron chi connectivity index (χ0n) is 22.8. The van der Waals surface area contributed by atoms with Gasteiger partial charge in [0, 0.05) is 29.4 Å². The summed E-state index contributed by atoms with van der Waals surface area (Å²) in [5.74, 6) is 0.996. The number of ether oxygens (including phenoxy) is 2. The smallest absolute Gasteiger partial charge is 0.243 e. The molecule has 0 aromatic heterocycles. The van der Waals surface area contributed by atoms with Crippen molar-refractivity contribution in [2.75, 3.05) is 14.2 Å². The van der Waals surface area contributed by atoms with Gasteiger partial charge in [0.05, 0.1) is 14.2 Å². The number of aryl methyl sites for hydroxylation is 1.